The van der Waals surface area contributed by atoms with E-state index in [1.807, 2.05) is 19.0 Å². The molecule has 1 atom stereocenters. The molecule has 11 heavy (non-hydrogen) atoms. The summed E-state index contributed by atoms with van der Waals surface area (Å²) in [6.07, 6.45) is 0. The molecule has 0 rings (SSSR count). The second kappa shape index (κ2) is 5.09. The molecule has 0 heterocycles. The van der Waals surface area contributed by atoms with E-state index < -0.39 is 5.92 Å². The van der Waals surface area contributed by atoms with Crippen molar-refractivity contribution in [3.8, 4) is 0 Å². The molecular formula is C7H15NO3. The van der Waals surface area contributed by atoms with Gasteiger partial charge in [-0.05, 0) is 14.1 Å². The molecule has 0 saturated carbocycles. The number of hydrogen-bond donors (Lipinski definition) is 1. The van der Waals surface area contributed by atoms with Gasteiger partial charge in [0.25, 0.3) is 0 Å². The Labute approximate surface area is 66.8 Å². The zero-order valence-electron chi connectivity index (χ0n) is 7.20. The number of aliphatic hydroxyl groups is 1. The maximum absolute atomic E-state index is 10.9. The normalized spacial score (nSPS) is 13.2. The van der Waals surface area contributed by atoms with E-state index in [0.29, 0.717) is 6.54 Å². The number of methoxy groups -OCH3 is 1. The van der Waals surface area contributed by atoms with Crippen LogP contribution in [-0.2, 0) is 9.53 Å². The van der Waals surface area contributed by atoms with E-state index in [2.05, 4.69) is 4.74 Å². The van der Waals surface area contributed by atoms with Gasteiger partial charge in [-0.2, -0.15) is 0 Å². The van der Waals surface area contributed by atoms with E-state index in [-0.39, 0.29) is 12.6 Å². The van der Waals surface area contributed by atoms with E-state index in [4.69, 9.17) is 5.11 Å². The number of aliphatic hydroxyl groups excluding tert-OH is 1. The predicted molar refractivity (Wildman–Crippen MR) is 41.1 cm³/mol. The number of ether oxygens (including phenoxy) is 1. The third kappa shape index (κ3) is 3.95. The van der Waals surface area contributed by atoms with Crippen LogP contribution in [-0.4, -0.2) is 50.3 Å². The summed E-state index contributed by atoms with van der Waals surface area (Å²) in [6, 6.07) is 0. The van der Waals surface area contributed by atoms with Gasteiger partial charge in [0.05, 0.1) is 19.6 Å². The van der Waals surface area contributed by atoms with Gasteiger partial charge in [0.2, 0.25) is 0 Å². The Morgan fingerprint density at radius 2 is 2.18 bits per heavy atom. The van der Waals surface area contributed by atoms with E-state index in [0.717, 1.165) is 0 Å². The van der Waals surface area contributed by atoms with E-state index in [9.17, 15) is 4.79 Å². The molecule has 1 unspecified atom stereocenters. The molecule has 4 heteroatoms. The summed E-state index contributed by atoms with van der Waals surface area (Å²) < 4.78 is 4.48. The van der Waals surface area contributed by atoms with Gasteiger partial charge in [-0.1, -0.05) is 0 Å². The first-order valence-electron chi connectivity index (χ1n) is 3.45. The highest BCUT2D eigenvalue weighted by atomic mass is 16.5. The molecule has 0 bridgehead atoms. The summed E-state index contributed by atoms with van der Waals surface area (Å²) in [6.45, 7) is 0.355. The third-order valence-electron chi connectivity index (χ3n) is 1.34. The number of carbonyl (C=O) groups excluding carboxylic acids is 1. The average Bonchev–Trinajstić information content (AvgIpc) is 1.98. The Kier molecular flexibility index (Phi) is 4.81. The van der Waals surface area contributed by atoms with Crippen LogP contribution in [0.4, 0.5) is 0 Å². The minimum absolute atomic E-state index is 0.162. The number of nitrogens with zero attached hydrogens (tertiary/aromatic N) is 1. The molecule has 0 saturated heterocycles. The fourth-order valence-electron chi connectivity index (χ4n) is 0.814. The van der Waals surface area contributed by atoms with Gasteiger partial charge >= 0.3 is 5.97 Å². The van der Waals surface area contributed by atoms with Gasteiger partial charge in [-0.25, -0.2) is 0 Å². The predicted octanol–water partition coefficient (Wildman–Crippen LogP) is -0.671. The highest BCUT2D eigenvalue weighted by Gasteiger charge is 2.18. The lowest BCUT2D eigenvalue weighted by atomic mass is 10.1. The van der Waals surface area contributed by atoms with Crippen molar-refractivity contribution in [3.63, 3.8) is 0 Å². The SMILES string of the molecule is COC(=O)C(CO)CN(C)C. The fraction of sp³-hybridized carbons (Fsp3) is 0.857. The van der Waals surface area contributed by atoms with Crippen LogP contribution in [0.5, 0.6) is 0 Å². The van der Waals surface area contributed by atoms with Crippen LogP contribution >= 0.6 is 0 Å². The van der Waals surface area contributed by atoms with Crippen LogP contribution in [0.1, 0.15) is 0 Å². The molecular weight excluding hydrogens is 146 g/mol. The molecule has 0 aromatic carbocycles. The molecule has 0 spiro atoms. The van der Waals surface area contributed by atoms with Gasteiger partial charge in [-0.3, -0.25) is 4.79 Å². The standard InChI is InChI=1S/C7H15NO3/c1-8(2)4-6(5-9)7(10)11-3/h6,9H,4-5H2,1-3H3. The van der Waals surface area contributed by atoms with Crippen molar-refractivity contribution < 1.29 is 14.6 Å². The van der Waals surface area contributed by atoms with Crippen molar-refractivity contribution in [1.82, 2.24) is 4.90 Å². The van der Waals surface area contributed by atoms with Gasteiger partial charge < -0.3 is 14.7 Å². The van der Waals surface area contributed by atoms with Crippen LogP contribution in [0.2, 0.25) is 0 Å². The van der Waals surface area contributed by atoms with Gasteiger partial charge in [0.1, 0.15) is 0 Å². The first kappa shape index (κ1) is 10.4. The molecule has 0 aromatic heterocycles. The maximum atomic E-state index is 10.9. The van der Waals surface area contributed by atoms with E-state index >= 15 is 0 Å². The number of carbonyl (C=O) groups is 1. The zero-order chi connectivity index (χ0) is 8.85. The minimum atomic E-state index is -0.421. The Morgan fingerprint density at radius 3 is 2.45 bits per heavy atom. The Bertz CT molecular complexity index is 125. The van der Waals surface area contributed by atoms with Crippen LogP contribution in [0, 0.1) is 5.92 Å². The number of rotatable bonds is 4. The molecule has 0 aliphatic rings. The maximum Gasteiger partial charge on any atom is 0.312 e. The van der Waals surface area contributed by atoms with Crippen molar-refractivity contribution in [2.75, 3.05) is 34.4 Å². The van der Waals surface area contributed by atoms with Crippen molar-refractivity contribution in [2.24, 2.45) is 5.92 Å². The first-order chi connectivity index (χ1) is 5.11. The Balaban J connectivity index is 3.84. The molecule has 66 valence electrons. The highest BCUT2D eigenvalue weighted by molar-refractivity contribution is 5.72. The zero-order valence-corrected chi connectivity index (χ0v) is 7.20. The van der Waals surface area contributed by atoms with Crippen LogP contribution in [0.25, 0.3) is 0 Å². The largest absolute Gasteiger partial charge is 0.469 e. The summed E-state index contributed by atoms with van der Waals surface area (Å²) in [7, 11) is 5.00. The number of hydrogen-bond acceptors (Lipinski definition) is 4. The van der Waals surface area contributed by atoms with Gasteiger partial charge in [0.15, 0.2) is 0 Å². The van der Waals surface area contributed by atoms with E-state index in [1.54, 1.807) is 0 Å². The van der Waals surface area contributed by atoms with Crippen molar-refractivity contribution in [1.29, 1.82) is 0 Å². The second-order valence-electron chi connectivity index (χ2n) is 2.66. The Hall–Kier alpha value is -0.610. The molecule has 1 N–H and O–H groups in total. The number of esters is 1. The smallest absolute Gasteiger partial charge is 0.312 e. The summed E-state index contributed by atoms with van der Waals surface area (Å²) in [5, 5.41) is 8.75. The molecule has 0 radical (unpaired) electrons. The quantitative estimate of drug-likeness (QED) is 0.555. The molecule has 0 aliphatic carbocycles. The molecule has 0 aromatic rings. The summed E-state index contributed by atoms with van der Waals surface area (Å²) in [5.41, 5.74) is 0. The van der Waals surface area contributed by atoms with Crippen molar-refractivity contribution in [3.05, 3.63) is 0 Å². The highest BCUT2D eigenvalue weighted by Crippen LogP contribution is 1.98. The minimum Gasteiger partial charge on any atom is -0.469 e. The van der Waals surface area contributed by atoms with Crippen LogP contribution in [0.15, 0.2) is 0 Å². The Morgan fingerprint density at radius 1 is 1.64 bits per heavy atom. The summed E-state index contributed by atoms with van der Waals surface area (Å²) in [5.74, 6) is -0.781. The first-order valence-corrected chi connectivity index (χ1v) is 3.45. The third-order valence-corrected chi connectivity index (χ3v) is 1.34. The van der Waals surface area contributed by atoms with E-state index in [1.165, 1.54) is 7.11 Å². The lowest BCUT2D eigenvalue weighted by Gasteiger charge is -2.16. The fourth-order valence-corrected chi connectivity index (χ4v) is 0.814. The second-order valence-corrected chi connectivity index (χ2v) is 2.66. The summed E-state index contributed by atoms with van der Waals surface area (Å²) >= 11 is 0. The lowest BCUT2D eigenvalue weighted by molar-refractivity contribution is -0.147. The molecule has 0 aliphatic heterocycles. The van der Waals surface area contributed by atoms with Gasteiger partial charge in [0, 0.05) is 6.54 Å². The van der Waals surface area contributed by atoms with Crippen molar-refractivity contribution in [2.45, 2.75) is 0 Å². The average molecular weight is 161 g/mol. The molecule has 0 amide bonds. The topological polar surface area (TPSA) is 49.8 Å². The lowest BCUT2D eigenvalue weighted by Crippen LogP contribution is -2.31. The summed E-state index contributed by atoms with van der Waals surface area (Å²) in [4.78, 5) is 12.7. The molecule has 0 fully saturated rings. The monoisotopic (exact) mass is 161 g/mol. The molecule has 4 nitrogen and oxygen atoms in total. The van der Waals surface area contributed by atoms with Crippen LogP contribution < -0.4 is 0 Å². The van der Waals surface area contributed by atoms with Crippen molar-refractivity contribution >= 4 is 5.97 Å². The van der Waals surface area contributed by atoms with Gasteiger partial charge in [-0.15, -0.1) is 0 Å². The van der Waals surface area contributed by atoms with Crippen LogP contribution in [0.3, 0.4) is 0 Å².